The number of methoxy groups -OCH3 is 1. The molecule has 1 aliphatic rings. The molecule has 1 rings (SSSR count). The Balaban J connectivity index is 2.76. The summed E-state index contributed by atoms with van der Waals surface area (Å²) in [6, 6.07) is 0. The molecule has 64 valence electrons. The van der Waals surface area contributed by atoms with E-state index in [0.717, 1.165) is 6.08 Å². The maximum Gasteiger partial charge on any atom is 0.331 e. The lowest BCUT2D eigenvalue weighted by atomic mass is 10.4. The maximum atomic E-state index is 10.8. The van der Waals surface area contributed by atoms with Gasteiger partial charge >= 0.3 is 5.97 Å². The van der Waals surface area contributed by atoms with E-state index in [-0.39, 0.29) is 4.91 Å². The third-order valence-corrected chi connectivity index (χ3v) is 1.90. The van der Waals surface area contributed by atoms with Crippen LogP contribution in [0.3, 0.4) is 0 Å². The molecule has 0 aromatic heterocycles. The van der Waals surface area contributed by atoms with Crippen LogP contribution in [0.5, 0.6) is 0 Å². The van der Waals surface area contributed by atoms with Crippen molar-refractivity contribution in [1.29, 1.82) is 0 Å². The van der Waals surface area contributed by atoms with Crippen LogP contribution < -0.4 is 5.32 Å². The Bertz CT molecular complexity index is 283. The number of carbonyl (C=O) groups is 3. The molecule has 1 fully saturated rings. The minimum atomic E-state index is -0.651. The van der Waals surface area contributed by atoms with Crippen molar-refractivity contribution in [3.05, 3.63) is 11.0 Å². The highest BCUT2D eigenvalue weighted by atomic mass is 32.2. The summed E-state index contributed by atoms with van der Waals surface area (Å²) in [5.41, 5.74) is 0. The fourth-order valence-corrected chi connectivity index (χ4v) is 1.23. The van der Waals surface area contributed by atoms with E-state index >= 15 is 0 Å². The molecular weight excluding hydrogens is 182 g/mol. The van der Waals surface area contributed by atoms with Gasteiger partial charge in [0.15, 0.2) is 0 Å². The second kappa shape index (κ2) is 3.40. The van der Waals surface area contributed by atoms with Crippen LogP contribution in [0, 0.1) is 0 Å². The Kier molecular flexibility index (Phi) is 2.49. The molecule has 0 saturated carbocycles. The number of hydrogen-bond donors (Lipinski definition) is 1. The molecule has 1 N–H and O–H groups in total. The molecule has 1 saturated heterocycles. The van der Waals surface area contributed by atoms with Gasteiger partial charge in [-0.2, -0.15) is 0 Å². The van der Waals surface area contributed by atoms with Gasteiger partial charge in [-0.1, -0.05) is 0 Å². The van der Waals surface area contributed by atoms with E-state index < -0.39 is 17.1 Å². The van der Waals surface area contributed by atoms with Gasteiger partial charge in [-0.15, -0.1) is 0 Å². The van der Waals surface area contributed by atoms with Crippen molar-refractivity contribution in [2.24, 2.45) is 0 Å². The maximum absolute atomic E-state index is 10.8. The molecule has 0 bridgehead atoms. The minimum Gasteiger partial charge on any atom is -0.466 e. The summed E-state index contributed by atoms with van der Waals surface area (Å²) in [5.74, 6) is -1.21. The van der Waals surface area contributed by atoms with Crippen molar-refractivity contribution in [3.8, 4) is 0 Å². The zero-order valence-corrected chi connectivity index (χ0v) is 6.94. The molecule has 2 amide bonds. The number of imide groups is 1. The van der Waals surface area contributed by atoms with E-state index in [1.807, 2.05) is 5.32 Å². The highest BCUT2D eigenvalue weighted by Gasteiger charge is 2.25. The molecule has 5 nitrogen and oxygen atoms in total. The van der Waals surface area contributed by atoms with Gasteiger partial charge in [-0.25, -0.2) is 4.79 Å². The lowest BCUT2D eigenvalue weighted by Gasteiger charge is -1.90. The molecule has 0 spiro atoms. The second-order valence-electron chi connectivity index (χ2n) is 1.88. The first-order chi connectivity index (χ1) is 5.63. The van der Waals surface area contributed by atoms with Crippen LogP contribution in [0.4, 0.5) is 4.79 Å². The Morgan fingerprint density at radius 3 is 2.67 bits per heavy atom. The summed E-state index contributed by atoms with van der Waals surface area (Å²) in [6.45, 7) is 0. The standard InChI is InChI=1S/C6H5NO4S/c1-11-4(8)2-3-5(9)7-6(10)12-3/h2H,1H3,(H,7,9,10)/b3-2-. The minimum absolute atomic E-state index is 0.0619. The fourth-order valence-electron chi connectivity index (χ4n) is 0.587. The van der Waals surface area contributed by atoms with Gasteiger partial charge in [-0.05, 0) is 11.8 Å². The Labute approximate surface area is 72.1 Å². The van der Waals surface area contributed by atoms with Crippen LogP contribution >= 0.6 is 11.8 Å². The number of thioether (sulfide) groups is 1. The summed E-state index contributed by atoms with van der Waals surface area (Å²) < 4.78 is 4.28. The van der Waals surface area contributed by atoms with Crippen LogP contribution in [0.15, 0.2) is 11.0 Å². The number of ether oxygens (including phenoxy) is 1. The van der Waals surface area contributed by atoms with E-state index in [1.54, 1.807) is 0 Å². The van der Waals surface area contributed by atoms with Crippen molar-refractivity contribution in [2.75, 3.05) is 7.11 Å². The van der Waals surface area contributed by atoms with Gasteiger partial charge in [0.05, 0.1) is 12.0 Å². The van der Waals surface area contributed by atoms with E-state index in [9.17, 15) is 14.4 Å². The summed E-state index contributed by atoms with van der Waals surface area (Å²) in [7, 11) is 1.19. The van der Waals surface area contributed by atoms with Gasteiger partial charge in [0.2, 0.25) is 0 Å². The van der Waals surface area contributed by atoms with E-state index in [0.29, 0.717) is 11.8 Å². The number of esters is 1. The SMILES string of the molecule is COC(=O)/C=C1\SC(=O)NC1=O. The molecule has 0 unspecified atom stereocenters. The largest absolute Gasteiger partial charge is 0.466 e. The van der Waals surface area contributed by atoms with E-state index in [1.165, 1.54) is 7.11 Å². The van der Waals surface area contributed by atoms with Gasteiger partial charge in [-0.3, -0.25) is 14.9 Å². The number of hydrogen-bond acceptors (Lipinski definition) is 5. The lowest BCUT2D eigenvalue weighted by Crippen LogP contribution is -2.18. The third-order valence-electron chi connectivity index (χ3n) is 1.09. The molecule has 0 aromatic carbocycles. The summed E-state index contributed by atoms with van der Waals surface area (Å²) >= 11 is 0.678. The number of carbonyl (C=O) groups excluding carboxylic acids is 3. The number of nitrogens with one attached hydrogen (secondary N) is 1. The van der Waals surface area contributed by atoms with E-state index in [4.69, 9.17) is 0 Å². The van der Waals surface area contributed by atoms with Gasteiger partial charge < -0.3 is 4.74 Å². The lowest BCUT2D eigenvalue weighted by molar-refractivity contribution is -0.135. The second-order valence-corrected chi connectivity index (χ2v) is 2.89. The molecule has 6 heteroatoms. The average molecular weight is 187 g/mol. The quantitative estimate of drug-likeness (QED) is 0.463. The Hall–Kier alpha value is -1.30. The Morgan fingerprint density at radius 2 is 2.25 bits per heavy atom. The highest BCUT2D eigenvalue weighted by Crippen LogP contribution is 2.22. The number of amides is 2. The zero-order valence-electron chi connectivity index (χ0n) is 6.12. The predicted molar refractivity (Wildman–Crippen MR) is 41.2 cm³/mol. The van der Waals surface area contributed by atoms with Crippen LogP contribution in [-0.2, 0) is 14.3 Å². The first kappa shape index (κ1) is 8.79. The molecule has 0 aliphatic carbocycles. The smallest absolute Gasteiger partial charge is 0.331 e. The fraction of sp³-hybridized carbons (Fsp3) is 0.167. The number of rotatable bonds is 1. The predicted octanol–water partition coefficient (Wildman–Crippen LogP) is 0.0263. The molecular formula is C6H5NO4S. The molecule has 0 radical (unpaired) electrons. The average Bonchev–Trinajstić information content (AvgIpc) is 2.30. The molecule has 0 aromatic rings. The summed E-state index contributed by atoms with van der Waals surface area (Å²) in [4.78, 5) is 32.1. The van der Waals surface area contributed by atoms with Gasteiger partial charge in [0.1, 0.15) is 0 Å². The zero-order chi connectivity index (χ0) is 9.14. The molecule has 0 atom stereocenters. The van der Waals surface area contributed by atoms with Crippen molar-refractivity contribution in [2.45, 2.75) is 0 Å². The van der Waals surface area contributed by atoms with Crippen molar-refractivity contribution >= 4 is 28.9 Å². The van der Waals surface area contributed by atoms with Crippen molar-refractivity contribution in [3.63, 3.8) is 0 Å². The van der Waals surface area contributed by atoms with Crippen LogP contribution in [0.25, 0.3) is 0 Å². The van der Waals surface area contributed by atoms with Gasteiger partial charge in [0, 0.05) is 6.08 Å². The Morgan fingerprint density at radius 1 is 1.58 bits per heavy atom. The van der Waals surface area contributed by atoms with Crippen LogP contribution in [0.2, 0.25) is 0 Å². The first-order valence-electron chi connectivity index (χ1n) is 2.96. The third kappa shape index (κ3) is 1.85. The molecule has 1 heterocycles. The normalized spacial score (nSPS) is 19.6. The van der Waals surface area contributed by atoms with Crippen molar-refractivity contribution < 1.29 is 19.1 Å². The van der Waals surface area contributed by atoms with Crippen LogP contribution in [-0.4, -0.2) is 24.2 Å². The topological polar surface area (TPSA) is 72.5 Å². The monoisotopic (exact) mass is 187 g/mol. The molecule has 12 heavy (non-hydrogen) atoms. The summed E-state index contributed by atoms with van der Waals surface area (Å²) in [5, 5.41) is 1.53. The summed E-state index contributed by atoms with van der Waals surface area (Å²) in [6.07, 6.45) is 0.977. The van der Waals surface area contributed by atoms with Gasteiger partial charge in [0.25, 0.3) is 11.1 Å². The van der Waals surface area contributed by atoms with E-state index in [2.05, 4.69) is 4.74 Å². The molecule has 1 aliphatic heterocycles. The first-order valence-corrected chi connectivity index (χ1v) is 3.78. The highest BCUT2D eigenvalue weighted by molar-refractivity contribution is 8.18. The van der Waals surface area contributed by atoms with Crippen LogP contribution in [0.1, 0.15) is 0 Å². The van der Waals surface area contributed by atoms with Crippen molar-refractivity contribution in [1.82, 2.24) is 5.32 Å².